The van der Waals surface area contributed by atoms with E-state index in [9.17, 15) is 19.4 Å². The molecule has 0 saturated heterocycles. The Kier molecular flexibility index (Phi) is 22.6. The van der Waals surface area contributed by atoms with Crippen LogP contribution >= 0.6 is 0 Å². The first-order valence-electron chi connectivity index (χ1n) is 12.4. The van der Waals surface area contributed by atoms with E-state index in [2.05, 4.69) is 32.3 Å². The maximum absolute atomic E-state index is 13.4. The molecule has 0 aliphatic rings. The maximum Gasteiger partial charge on any atom is 0.341 e. The van der Waals surface area contributed by atoms with E-state index in [4.69, 9.17) is 0 Å². The Balaban J connectivity index is -0.00000113. The SMILES string of the molecule is C=C/C(=C(C)/C(C)=C/C(O)=C(\C=NCCC)C(=O)O)c1ccc(F)cc1C.CC.CC.CC(C)C. The summed E-state index contributed by atoms with van der Waals surface area (Å²) >= 11 is 0. The van der Waals surface area contributed by atoms with Gasteiger partial charge in [0.1, 0.15) is 17.1 Å². The van der Waals surface area contributed by atoms with Gasteiger partial charge in [-0.15, -0.1) is 0 Å². The summed E-state index contributed by atoms with van der Waals surface area (Å²) in [6, 6.07) is 4.49. The molecule has 5 heteroatoms. The molecule has 0 amide bonds. The summed E-state index contributed by atoms with van der Waals surface area (Å²) in [6.07, 6.45) is 5.00. The zero-order valence-electron chi connectivity index (χ0n) is 23.8. The number of rotatable bonds is 8. The Morgan fingerprint density at radius 1 is 1.11 bits per heavy atom. The molecule has 0 aromatic heterocycles. The van der Waals surface area contributed by atoms with Gasteiger partial charge in [-0.05, 0) is 79.2 Å². The second-order valence-corrected chi connectivity index (χ2v) is 7.90. The molecule has 1 aromatic carbocycles. The van der Waals surface area contributed by atoms with Crippen molar-refractivity contribution >= 4 is 17.8 Å². The van der Waals surface area contributed by atoms with Gasteiger partial charge in [0, 0.05) is 12.8 Å². The molecule has 2 N–H and O–H groups in total. The Morgan fingerprint density at radius 2 is 1.63 bits per heavy atom. The Bertz CT molecular complexity index is 888. The van der Waals surface area contributed by atoms with E-state index in [0.29, 0.717) is 12.1 Å². The summed E-state index contributed by atoms with van der Waals surface area (Å²) in [4.78, 5) is 15.4. The molecular formula is C30H48FNO3. The van der Waals surface area contributed by atoms with Gasteiger partial charge >= 0.3 is 5.97 Å². The van der Waals surface area contributed by atoms with Crippen LogP contribution in [0.5, 0.6) is 0 Å². The number of nitrogens with zero attached hydrogens (tertiary/aromatic N) is 1. The Hall–Kier alpha value is -2.95. The topological polar surface area (TPSA) is 69.9 Å². The molecule has 0 fully saturated rings. The van der Waals surface area contributed by atoms with E-state index in [-0.39, 0.29) is 17.1 Å². The molecule has 35 heavy (non-hydrogen) atoms. The van der Waals surface area contributed by atoms with Crippen molar-refractivity contribution in [1.29, 1.82) is 0 Å². The fourth-order valence-corrected chi connectivity index (χ4v) is 2.51. The van der Waals surface area contributed by atoms with Gasteiger partial charge in [0.05, 0.1) is 0 Å². The van der Waals surface area contributed by atoms with Crippen LogP contribution < -0.4 is 0 Å². The molecule has 0 atom stereocenters. The van der Waals surface area contributed by atoms with E-state index < -0.39 is 5.97 Å². The summed E-state index contributed by atoms with van der Waals surface area (Å²) in [5.41, 5.74) is 3.55. The molecule has 0 bridgehead atoms. The van der Waals surface area contributed by atoms with E-state index in [1.165, 1.54) is 24.4 Å². The summed E-state index contributed by atoms with van der Waals surface area (Å²) in [5.74, 6) is -1.11. The van der Waals surface area contributed by atoms with Gasteiger partial charge in [0.15, 0.2) is 0 Å². The van der Waals surface area contributed by atoms with E-state index >= 15 is 0 Å². The van der Waals surface area contributed by atoms with Crippen LogP contribution in [0.3, 0.4) is 0 Å². The van der Waals surface area contributed by atoms with Crippen molar-refractivity contribution in [2.75, 3.05) is 6.54 Å². The summed E-state index contributed by atoms with van der Waals surface area (Å²) in [6.45, 7) is 26.1. The van der Waals surface area contributed by atoms with E-state index in [0.717, 1.165) is 34.6 Å². The molecule has 0 radical (unpaired) electrons. The molecule has 0 heterocycles. The van der Waals surface area contributed by atoms with Crippen LogP contribution in [0.15, 0.2) is 64.4 Å². The molecule has 0 saturated carbocycles. The van der Waals surface area contributed by atoms with Crippen LogP contribution in [0.25, 0.3) is 5.57 Å². The number of carboxylic acid groups (broad SMARTS) is 1. The number of carbonyl (C=O) groups is 1. The number of aliphatic hydroxyl groups is 1. The van der Waals surface area contributed by atoms with Crippen molar-refractivity contribution < 1.29 is 19.4 Å². The predicted octanol–water partition coefficient (Wildman–Crippen LogP) is 9.13. The number of aliphatic hydroxyl groups excluding tert-OH is 1. The minimum atomic E-state index is -1.25. The number of aliphatic imine (C=N–C) groups is 1. The normalized spacial score (nSPS) is 12.2. The van der Waals surface area contributed by atoms with Crippen LogP contribution in [0.4, 0.5) is 4.39 Å². The Morgan fingerprint density at radius 3 is 2.03 bits per heavy atom. The van der Waals surface area contributed by atoms with Gasteiger partial charge in [-0.1, -0.05) is 74.1 Å². The second-order valence-electron chi connectivity index (χ2n) is 7.90. The number of halogens is 1. The number of hydrogen-bond donors (Lipinski definition) is 2. The molecule has 1 aromatic rings. The van der Waals surface area contributed by atoms with Crippen LogP contribution in [0.1, 0.15) is 86.8 Å². The fraction of sp³-hybridized carbons (Fsp3) is 0.467. The van der Waals surface area contributed by atoms with E-state index in [1.807, 2.05) is 41.5 Å². The van der Waals surface area contributed by atoms with Crippen molar-refractivity contribution in [3.05, 3.63) is 76.4 Å². The number of aryl methyl sites for hydroxylation is 1. The summed E-state index contributed by atoms with van der Waals surface area (Å²) in [7, 11) is 0. The quantitative estimate of drug-likeness (QED) is 0.165. The molecular weight excluding hydrogens is 441 g/mol. The van der Waals surface area contributed by atoms with Gasteiger partial charge < -0.3 is 10.2 Å². The molecule has 0 spiro atoms. The highest BCUT2D eigenvalue weighted by Gasteiger charge is 2.12. The lowest BCUT2D eigenvalue weighted by molar-refractivity contribution is -0.132. The Labute approximate surface area is 213 Å². The molecule has 0 aliphatic heterocycles. The van der Waals surface area contributed by atoms with Crippen molar-refractivity contribution in [2.45, 2.75) is 82.6 Å². The average Bonchev–Trinajstić information content (AvgIpc) is 2.80. The first kappa shape index (κ1) is 36.6. The number of aliphatic carboxylic acids is 1. The lowest BCUT2D eigenvalue weighted by Gasteiger charge is -2.13. The molecule has 0 unspecified atom stereocenters. The smallest absolute Gasteiger partial charge is 0.341 e. The number of benzene rings is 1. The minimum Gasteiger partial charge on any atom is -0.507 e. The lowest BCUT2D eigenvalue weighted by atomic mass is 9.93. The van der Waals surface area contributed by atoms with Crippen LogP contribution in [-0.2, 0) is 4.79 Å². The molecule has 0 aliphatic carbocycles. The van der Waals surface area contributed by atoms with Crippen LogP contribution in [0.2, 0.25) is 0 Å². The van der Waals surface area contributed by atoms with Crippen molar-refractivity contribution in [3.63, 3.8) is 0 Å². The number of hydrogen-bond acceptors (Lipinski definition) is 3. The fourth-order valence-electron chi connectivity index (χ4n) is 2.51. The zero-order chi connectivity index (χ0) is 28.1. The minimum absolute atomic E-state index is 0.270. The zero-order valence-corrected chi connectivity index (χ0v) is 23.8. The van der Waals surface area contributed by atoms with Crippen LogP contribution in [0, 0.1) is 18.7 Å². The number of carboxylic acids is 1. The third kappa shape index (κ3) is 15.5. The second kappa shape index (κ2) is 21.6. The maximum atomic E-state index is 13.4. The van der Waals surface area contributed by atoms with Gasteiger partial charge in [0.2, 0.25) is 0 Å². The third-order valence-corrected chi connectivity index (χ3v) is 4.11. The van der Waals surface area contributed by atoms with Gasteiger partial charge in [0.25, 0.3) is 0 Å². The third-order valence-electron chi connectivity index (χ3n) is 4.11. The van der Waals surface area contributed by atoms with Crippen LogP contribution in [-0.4, -0.2) is 28.9 Å². The monoisotopic (exact) mass is 489 g/mol. The largest absolute Gasteiger partial charge is 0.507 e. The molecule has 198 valence electrons. The van der Waals surface area contributed by atoms with Crippen molar-refractivity contribution in [1.82, 2.24) is 0 Å². The standard InChI is InChI=1S/C22H26FNO3.C4H10.2C2H6/c1-6-10-24-13-20(22(26)27)21(25)12-14(3)16(5)18(7-2)19-9-8-17(23)11-15(19)4;1-4(2)3;2*1-2/h7-9,11-13,25H,2,6,10H2,1,3-5H3,(H,26,27);4H,1-3H3;2*1-2H3/b14-12+,18-16-,21-20-,24-13?;;;. The van der Waals surface area contributed by atoms with Gasteiger partial charge in [-0.25, -0.2) is 9.18 Å². The number of allylic oxidation sites excluding steroid dienone is 5. The van der Waals surface area contributed by atoms with Crippen molar-refractivity contribution in [2.24, 2.45) is 10.9 Å². The summed E-state index contributed by atoms with van der Waals surface area (Å²) in [5, 5.41) is 19.5. The molecule has 4 nitrogen and oxygen atoms in total. The predicted molar refractivity (Wildman–Crippen MR) is 152 cm³/mol. The molecule has 1 rings (SSSR count). The first-order valence-corrected chi connectivity index (χ1v) is 12.4. The first-order chi connectivity index (χ1) is 16.5. The average molecular weight is 490 g/mol. The van der Waals surface area contributed by atoms with Gasteiger partial charge in [-0.2, -0.15) is 0 Å². The highest BCUT2D eigenvalue weighted by molar-refractivity contribution is 6.09. The van der Waals surface area contributed by atoms with E-state index in [1.54, 1.807) is 26.0 Å². The highest BCUT2D eigenvalue weighted by Crippen LogP contribution is 2.28. The summed E-state index contributed by atoms with van der Waals surface area (Å²) < 4.78 is 13.4. The lowest BCUT2D eigenvalue weighted by Crippen LogP contribution is -2.06. The highest BCUT2D eigenvalue weighted by atomic mass is 19.1. The van der Waals surface area contributed by atoms with Gasteiger partial charge in [-0.3, -0.25) is 4.99 Å². The van der Waals surface area contributed by atoms with Crippen molar-refractivity contribution in [3.8, 4) is 0 Å².